The van der Waals surface area contributed by atoms with Gasteiger partial charge in [0, 0.05) is 6.20 Å². The van der Waals surface area contributed by atoms with Gasteiger partial charge in [-0.2, -0.15) is 0 Å². The highest BCUT2D eigenvalue weighted by Gasteiger charge is 2.06. The Hall–Kier alpha value is -2.14. The first-order valence-electron chi connectivity index (χ1n) is 6.81. The van der Waals surface area contributed by atoms with Crippen molar-refractivity contribution >= 4 is 23.1 Å². The summed E-state index contributed by atoms with van der Waals surface area (Å²) in [5, 5.41) is 6.76. The molecule has 0 unspecified atom stereocenters. The molecule has 1 aromatic carbocycles. The molecule has 5 heteroatoms. The molecule has 21 heavy (non-hydrogen) atoms. The molecule has 0 aliphatic rings. The predicted molar refractivity (Wildman–Crippen MR) is 89.7 cm³/mol. The van der Waals surface area contributed by atoms with Crippen molar-refractivity contribution in [3.63, 3.8) is 0 Å². The fourth-order valence-corrected chi connectivity index (χ4v) is 2.00. The van der Waals surface area contributed by atoms with Crippen LogP contribution in [-0.2, 0) is 0 Å². The number of benzene rings is 1. The summed E-state index contributed by atoms with van der Waals surface area (Å²) in [6.45, 7) is 4.54. The second-order valence-electron chi connectivity index (χ2n) is 4.84. The summed E-state index contributed by atoms with van der Waals surface area (Å²) >= 11 is 5.26. The van der Waals surface area contributed by atoms with Gasteiger partial charge in [0.25, 0.3) is 0 Å². The smallest absolute Gasteiger partial charge is 0.172 e. The zero-order valence-electron chi connectivity index (χ0n) is 12.2. The van der Waals surface area contributed by atoms with E-state index in [4.69, 9.17) is 17.0 Å². The van der Waals surface area contributed by atoms with Crippen molar-refractivity contribution in [2.75, 3.05) is 11.9 Å². The number of ether oxygens (including phenoxy) is 1. The van der Waals surface area contributed by atoms with E-state index in [2.05, 4.69) is 15.6 Å². The molecule has 0 spiro atoms. The Morgan fingerprint density at radius 3 is 2.67 bits per heavy atom. The Balaban J connectivity index is 1.75. The molecule has 0 fully saturated rings. The number of aryl methyl sites for hydroxylation is 1. The number of rotatable bonds is 5. The van der Waals surface area contributed by atoms with Gasteiger partial charge in [0.1, 0.15) is 18.2 Å². The SMILES string of the molecule is Cc1ccc(NC(=S)N[C@@H](C)COc2ccccc2)nc1. The Kier molecular flexibility index (Phi) is 5.51. The Labute approximate surface area is 130 Å². The molecular weight excluding hydrogens is 282 g/mol. The maximum atomic E-state index is 5.67. The Morgan fingerprint density at radius 2 is 2.00 bits per heavy atom. The summed E-state index contributed by atoms with van der Waals surface area (Å²) in [7, 11) is 0. The van der Waals surface area contributed by atoms with E-state index in [1.165, 1.54) is 0 Å². The summed E-state index contributed by atoms with van der Waals surface area (Å²) in [6, 6.07) is 13.7. The van der Waals surface area contributed by atoms with Crippen LogP contribution in [0.25, 0.3) is 0 Å². The van der Waals surface area contributed by atoms with E-state index in [0.717, 1.165) is 17.1 Å². The fraction of sp³-hybridized carbons (Fsp3) is 0.250. The topological polar surface area (TPSA) is 46.2 Å². The van der Waals surface area contributed by atoms with Crippen LogP contribution in [0.15, 0.2) is 48.7 Å². The van der Waals surface area contributed by atoms with Crippen molar-refractivity contribution in [1.82, 2.24) is 10.3 Å². The number of anilines is 1. The van der Waals surface area contributed by atoms with E-state index in [1.54, 1.807) is 6.20 Å². The summed E-state index contributed by atoms with van der Waals surface area (Å²) in [6.07, 6.45) is 1.80. The summed E-state index contributed by atoms with van der Waals surface area (Å²) < 4.78 is 5.67. The largest absolute Gasteiger partial charge is 0.491 e. The number of thiocarbonyl (C=S) groups is 1. The molecule has 1 atom stereocenters. The van der Waals surface area contributed by atoms with E-state index in [-0.39, 0.29) is 6.04 Å². The van der Waals surface area contributed by atoms with Gasteiger partial charge in [-0.1, -0.05) is 24.3 Å². The second kappa shape index (κ2) is 7.59. The van der Waals surface area contributed by atoms with Crippen LogP contribution >= 0.6 is 12.2 Å². The standard InChI is InChI=1S/C16H19N3OS/c1-12-8-9-15(17-10-12)19-16(21)18-13(2)11-20-14-6-4-3-5-7-14/h3-10,13H,11H2,1-2H3,(H2,17,18,19,21)/t13-/m0/s1. The molecule has 0 radical (unpaired) electrons. The van der Waals surface area contributed by atoms with Crippen molar-refractivity contribution in [3.05, 3.63) is 54.2 Å². The molecule has 0 aliphatic heterocycles. The molecule has 0 bridgehead atoms. The van der Waals surface area contributed by atoms with Crippen LogP contribution in [0, 0.1) is 6.92 Å². The monoisotopic (exact) mass is 301 g/mol. The van der Waals surface area contributed by atoms with Crippen molar-refractivity contribution < 1.29 is 4.74 Å². The lowest BCUT2D eigenvalue weighted by molar-refractivity contribution is 0.287. The number of nitrogens with one attached hydrogen (secondary N) is 2. The van der Waals surface area contributed by atoms with Crippen LogP contribution in [0.5, 0.6) is 5.75 Å². The van der Waals surface area contributed by atoms with Gasteiger partial charge in [0.15, 0.2) is 5.11 Å². The van der Waals surface area contributed by atoms with E-state index in [1.807, 2.05) is 56.3 Å². The van der Waals surface area contributed by atoms with Crippen LogP contribution in [0.2, 0.25) is 0 Å². The first kappa shape index (κ1) is 15.3. The van der Waals surface area contributed by atoms with Gasteiger partial charge in [-0.25, -0.2) is 4.98 Å². The van der Waals surface area contributed by atoms with E-state index < -0.39 is 0 Å². The minimum Gasteiger partial charge on any atom is -0.491 e. The molecular formula is C16H19N3OS. The first-order chi connectivity index (χ1) is 10.1. The Bertz CT molecular complexity index is 572. The van der Waals surface area contributed by atoms with Gasteiger partial charge in [0.2, 0.25) is 0 Å². The molecule has 2 N–H and O–H groups in total. The van der Waals surface area contributed by atoms with Gasteiger partial charge >= 0.3 is 0 Å². The van der Waals surface area contributed by atoms with Crippen molar-refractivity contribution in [1.29, 1.82) is 0 Å². The predicted octanol–water partition coefficient (Wildman–Crippen LogP) is 3.14. The van der Waals surface area contributed by atoms with Crippen molar-refractivity contribution in [3.8, 4) is 5.75 Å². The van der Waals surface area contributed by atoms with E-state index in [9.17, 15) is 0 Å². The van der Waals surface area contributed by atoms with Gasteiger partial charge in [-0.3, -0.25) is 0 Å². The third-order valence-electron chi connectivity index (χ3n) is 2.77. The average Bonchev–Trinajstić information content (AvgIpc) is 2.48. The third kappa shape index (κ3) is 5.39. The zero-order chi connectivity index (χ0) is 15.1. The van der Waals surface area contributed by atoms with Crippen LogP contribution in [-0.4, -0.2) is 22.7 Å². The molecule has 2 aromatic rings. The third-order valence-corrected chi connectivity index (χ3v) is 2.99. The minimum atomic E-state index is 0.0932. The average molecular weight is 301 g/mol. The lowest BCUT2D eigenvalue weighted by Gasteiger charge is -2.17. The molecule has 2 rings (SSSR count). The number of hydrogen-bond donors (Lipinski definition) is 2. The zero-order valence-corrected chi connectivity index (χ0v) is 13.0. The number of aromatic nitrogens is 1. The second-order valence-corrected chi connectivity index (χ2v) is 5.25. The fourth-order valence-electron chi connectivity index (χ4n) is 1.70. The van der Waals surface area contributed by atoms with Gasteiger partial charge in [-0.05, 0) is 49.8 Å². The number of hydrogen-bond acceptors (Lipinski definition) is 3. The van der Waals surface area contributed by atoms with Crippen LogP contribution in [0.1, 0.15) is 12.5 Å². The Morgan fingerprint density at radius 1 is 1.24 bits per heavy atom. The van der Waals surface area contributed by atoms with Crippen LogP contribution < -0.4 is 15.4 Å². The molecule has 110 valence electrons. The lowest BCUT2D eigenvalue weighted by atomic mass is 10.3. The van der Waals surface area contributed by atoms with Gasteiger partial charge < -0.3 is 15.4 Å². The highest BCUT2D eigenvalue weighted by atomic mass is 32.1. The molecule has 1 heterocycles. The van der Waals surface area contributed by atoms with Crippen molar-refractivity contribution in [2.24, 2.45) is 0 Å². The molecule has 4 nitrogen and oxygen atoms in total. The lowest BCUT2D eigenvalue weighted by Crippen LogP contribution is -2.39. The molecule has 0 amide bonds. The molecule has 0 saturated carbocycles. The van der Waals surface area contributed by atoms with Crippen molar-refractivity contribution in [2.45, 2.75) is 19.9 Å². The number of nitrogens with zero attached hydrogens (tertiary/aromatic N) is 1. The van der Waals surface area contributed by atoms with Crippen LogP contribution in [0.3, 0.4) is 0 Å². The highest BCUT2D eigenvalue weighted by molar-refractivity contribution is 7.80. The molecule has 1 aromatic heterocycles. The van der Waals surface area contributed by atoms with Gasteiger partial charge in [-0.15, -0.1) is 0 Å². The quantitative estimate of drug-likeness (QED) is 0.831. The minimum absolute atomic E-state index is 0.0932. The maximum absolute atomic E-state index is 5.67. The number of pyridine rings is 1. The summed E-state index contributed by atoms with van der Waals surface area (Å²) in [4.78, 5) is 4.25. The van der Waals surface area contributed by atoms with Gasteiger partial charge in [0.05, 0.1) is 6.04 Å². The van der Waals surface area contributed by atoms with Crippen LogP contribution in [0.4, 0.5) is 5.82 Å². The number of para-hydroxylation sites is 1. The normalized spacial score (nSPS) is 11.5. The highest BCUT2D eigenvalue weighted by Crippen LogP contribution is 2.08. The molecule has 0 aliphatic carbocycles. The molecule has 0 saturated heterocycles. The maximum Gasteiger partial charge on any atom is 0.172 e. The first-order valence-corrected chi connectivity index (χ1v) is 7.22. The van der Waals surface area contributed by atoms with E-state index >= 15 is 0 Å². The summed E-state index contributed by atoms with van der Waals surface area (Å²) in [5.41, 5.74) is 1.11. The summed E-state index contributed by atoms with van der Waals surface area (Å²) in [5.74, 6) is 1.58. The van der Waals surface area contributed by atoms with E-state index in [0.29, 0.717) is 11.7 Å².